The largest absolute Gasteiger partial charge is 0.416 e. The fourth-order valence-electron chi connectivity index (χ4n) is 3.55. The predicted octanol–water partition coefficient (Wildman–Crippen LogP) is 6.15. The summed E-state index contributed by atoms with van der Waals surface area (Å²) in [6, 6.07) is 8.89. The number of allylic oxidation sites excluding steroid dienone is 3. The van der Waals surface area contributed by atoms with Gasteiger partial charge < -0.3 is 9.88 Å². The van der Waals surface area contributed by atoms with Crippen molar-refractivity contribution in [3.63, 3.8) is 0 Å². The molecule has 3 aromatic heterocycles. The van der Waals surface area contributed by atoms with Crippen molar-refractivity contribution in [2.24, 2.45) is 10.1 Å². The molecule has 0 spiro atoms. The number of imidazole rings is 1. The van der Waals surface area contributed by atoms with Gasteiger partial charge in [-0.3, -0.25) is 9.98 Å². The van der Waals surface area contributed by atoms with Crippen molar-refractivity contribution in [2.75, 3.05) is 17.8 Å². The summed E-state index contributed by atoms with van der Waals surface area (Å²) in [4.78, 5) is 21.0. The molecule has 0 amide bonds. The first-order valence-electron chi connectivity index (χ1n) is 12.0. The molecule has 204 valence electrons. The van der Waals surface area contributed by atoms with Gasteiger partial charge in [0.1, 0.15) is 0 Å². The highest BCUT2D eigenvalue weighted by molar-refractivity contribution is 5.80. The van der Waals surface area contributed by atoms with Crippen molar-refractivity contribution < 1.29 is 13.2 Å². The summed E-state index contributed by atoms with van der Waals surface area (Å²) in [5.74, 6) is 0.289. The number of aryl methyl sites for hydroxylation is 2. The van der Waals surface area contributed by atoms with Gasteiger partial charge in [-0.25, -0.2) is 20.4 Å². The molecule has 0 radical (unpaired) electrons. The van der Waals surface area contributed by atoms with Crippen LogP contribution in [0.1, 0.15) is 28.3 Å². The van der Waals surface area contributed by atoms with E-state index in [-0.39, 0.29) is 11.6 Å². The minimum Gasteiger partial charge on any atom is -0.354 e. The van der Waals surface area contributed by atoms with Gasteiger partial charge in [-0.05, 0) is 61.9 Å². The summed E-state index contributed by atoms with van der Waals surface area (Å²) in [5.41, 5.74) is 6.35. The number of halogens is 3. The number of aromatic nitrogens is 5. The van der Waals surface area contributed by atoms with E-state index in [0.717, 1.165) is 17.8 Å². The maximum absolute atomic E-state index is 13.5. The van der Waals surface area contributed by atoms with Gasteiger partial charge in [0.25, 0.3) is 0 Å². The van der Waals surface area contributed by atoms with Crippen molar-refractivity contribution in [1.82, 2.24) is 24.5 Å². The summed E-state index contributed by atoms with van der Waals surface area (Å²) in [6.07, 6.45) is 6.80. The number of alkyl halides is 3. The molecule has 0 aliphatic rings. The quantitative estimate of drug-likeness (QED) is 0.148. The number of hydrogen-bond donors (Lipinski definition) is 2. The van der Waals surface area contributed by atoms with E-state index in [1.807, 2.05) is 13.0 Å². The van der Waals surface area contributed by atoms with E-state index in [1.165, 1.54) is 23.3 Å². The highest BCUT2D eigenvalue weighted by Crippen LogP contribution is 2.33. The first kappa shape index (κ1) is 27.9. The first-order chi connectivity index (χ1) is 19.1. The number of nitrogens with zero attached hydrogens (tertiary/aromatic N) is 7. The summed E-state index contributed by atoms with van der Waals surface area (Å²) in [7, 11) is 1.68. The van der Waals surface area contributed by atoms with Crippen molar-refractivity contribution in [2.45, 2.75) is 20.0 Å². The Morgan fingerprint density at radius 3 is 2.52 bits per heavy atom. The molecule has 4 aromatic rings. The lowest BCUT2D eigenvalue weighted by molar-refractivity contribution is -0.137. The first-order valence-corrected chi connectivity index (χ1v) is 12.0. The normalized spacial score (nSPS) is 12.1. The van der Waals surface area contributed by atoms with Crippen LogP contribution in [0, 0.1) is 13.8 Å². The SMILES string of the molecule is C=C(/C=C\C=NC)c1cc(C)nc(N/N=C/c2ccc(Nc3cc(-n4cnc(C)c4)cc(C(F)(F)F)c3)cn2)n1. The van der Waals surface area contributed by atoms with E-state index in [2.05, 4.69) is 47.4 Å². The molecule has 1 aromatic carbocycles. The van der Waals surface area contributed by atoms with Gasteiger partial charge in [0.05, 0.1) is 47.1 Å². The van der Waals surface area contributed by atoms with E-state index in [9.17, 15) is 13.2 Å². The van der Waals surface area contributed by atoms with Crippen LogP contribution in [-0.4, -0.2) is 44.0 Å². The van der Waals surface area contributed by atoms with E-state index in [4.69, 9.17) is 0 Å². The second-order valence-corrected chi connectivity index (χ2v) is 8.67. The molecule has 0 aliphatic heterocycles. The molecule has 0 atom stereocenters. The van der Waals surface area contributed by atoms with Crippen molar-refractivity contribution in [3.05, 3.63) is 102 Å². The lowest BCUT2D eigenvalue weighted by atomic mass is 10.1. The fourth-order valence-corrected chi connectivity index (χ4v) is 3.55. The van der Waals surface area contributed by atoms with Gasteiger partial charge in [0, 0.05) is 36.5 Å². The van der Waals surface area contributed by atoms with Crippen LogP contribution in [0.2, 0.25) is 0 Å². The number of hydrogen-bond acceptors (Lipinski definition) is 8. The molecule has 0 fully saturated rings. The lowest BCUT2D eigenvalue weighted by Crippen LogP contribution is -2.07. The average Bonchev–Trinajstić information content (AvgIpc) is 3.35. The molecule has 9 nitrogen and oxygen atoms in total. The molecule has 12 heteroatoms. The Morgan fingerprint density at radius 2 is 1.85 bits per heavy atom. The second-order valence-electron chi connectivity index (χ2n) is 8.67. The lowest BCUT2D eigenvalue weighted by Gasteiger charge is -2.14. The van der Waals surface area contributed by atoms with Gasteiger partial charge in [-0.1, -0.05) is 12.7 Å². The van der Waals surface area contributed by atoms with Crippen LogP contribution >= 0.6 is 0 Å². The number of aliphatic imine (C=N–C) groups is 1. The van der Waals surface area contributed by atoms with E-state index in [0.29, 0.717) is 34.0 Å². The van der Waals surface area contributed by atoms with Gasteiger partial charge in [-0.15, -0.1) is 0 Å². The van der Waals surface area contributed by atoms with Crippen LogP contribution in [0.3, 0.4) is 0 Å². The maximum atomic E-state index is 13.5. The van der Waals surface area contributed by atoms with Crippen LogP contribution in [0.4, 0.5) is 30.5 Å². The minimum atomic E-state index is -4.51. The molecule has 0 bridgehead atoms. The maximum Gasteiger partial charge on any atom is 0.416 e. The number of rotatable bonds is 9. The van der Waals surface area contributed by atoms with Crippen molar-refractivity contribution in [1.29, 1.82) is 0 Å². The molecule has 40 heavy (non-hydrogen) atoms. The average molecular weight is 546 g/mol. The number of pyridine rings is 1. The second kappa shape index (κ2) is 12.2. The Labute approximate surface area is 229 Å². The van der Waals surface area contributed by atoms with Gasteiger partial charge in [-0.2, -0.15) is 18.3 Å². The Bertz CT molecular complexity index is 1580. The minimum absolute atomic E-state index is 0.256. The van der Waals surface area contributed by atoms with Crippen LogP contribution in [0.5, 0.6) is 0 Å². The summed E-state index contributed by atoms with van der Waals surface area (Å²) < 4.78 is 42.2. The summed E-state index contributed by atoms with van der Waals surface area (Å²) >= 11 is 0. The molecular weight excluding hydrogens is 519 g/mol. The Morgan fingerprint density at radius 1 is 1.02 bits per heavy atom. The predicted molar refractivity (Wildman–Crippen MR) is 151 cm³/mol. The zero-order valence-corrected chi connectivity index (χ0v) is 22.0. The van der Waals surface area contributed by atoms with Crippen LogP contribution in [0.25, 0.3) is 11.3 Å². The Balaban J connectivity index is 1.46. The number of nitrogens with one attached hydrogen (secondary N) is 2. The van der Waals surface area contributed by atoms with Gasteiger partial charge in [0.15, 0.2) is 0 Å². The molecule has 4 rings (SSSR count). The number of benzene rings is 1. The highest BCUT2D eigenvalue weighted by atomic mass is 19.4. The Hall–Kier alpha value is -5.13. The molecule has 0 aliphatic carbocycles. The number of anilines is 3. The monoisotopic (exact) mass is 545 g/mol. The third kappa shape index (κ3) is 7.47. The zero-order chi connectivity index (χ0) is 28.7. The van der Waals surface area contributed by atoms with Crippen molar-refractivity contribution in [3.8, 4) is 5.69 Å². The van der Waals surface area contributed by atoms with E-state index in [1.54, 1.807) is 56.7 Å². The molecule has 0 unspecified atom stereocenters. The van der Waals surface area contributed by atoms with Crippen molar-refractivity contribution >= 4 is 35.3 Å². The molecule has 0 saturated carbocycles. The van der Waals surface area contributed by atoms with Crippen LogP contribution in [0.15, 0.2) is 83.9 Å². The van der Waals surface area contributed by atoms with Crippen LogP contribution in [-0.2, 0) is 6.18 Å². The zero-order valence-electron chi connectivity index (χ0n) is 22.0. The third-order valence-corrected chi connectivity index (χ3v) is 5.41. The topological polar surface area (TPSA) is 105 Å². The highest BCUT2D eigenvalue weighted by Gasteiger charge is 2.31. The van der Waals surface area contributed by atoms with E-state index >= 15 is 0 Å². The fraction of sp³-hybridized carbons (Fsp3) is 0.143. The van der Waals surface area contributed by atoms with Gasteiger partial charge in [0.2, 0.25) is 5.95 Å². The standard InChI is InChI=1S/C28H26F3N9/c1-18(6-5-9-32-4)26-10-19(2)36-27(38-26)39-35-15-22-7-8-23(14-33-22)37-24-11-21(28(29,30)31)12-25(13-24)40-16-20(3)34-17-40/h5-17,37H,1H2,2-4H3,(H,36,38,39)/b6-5-,32-9?,35-15+. The molecule has 3 heterocycles. The summed E-state index contributed by atoms with van der Waals surface area (Å²) in [5, 5.41) is 7.13. The smallest absolute Gasteiger partial charge is 0.354 e. The third-order valence-electron chi connectivity index (χ3n) is 5.41. The molecule has 2 N–H and O–H groups in total. The number of hydrazone groups is 1. The van der Waals surface area contributed by atoms with E-state index < -0.39 is 11.7 Å². The van der Waals surface area contributed by atoms with Gasteiger partial charge >= 0.3 is 6.18 Å². The van der Waals surface area contributed by atoms with Crippen LogP contribution < -0.4 is 10.7 Å². The molecule has 0 saturated heterocycles. The Kier molecular flexibility index (Phi) is 8.48. The summed E-state index contributed by atoms with van der Waals surface area (Å²) in [6.45, 7) is 7.60. The molecular formula is C28H26F3N9.